The van der Waals surface area contributed by atoms with Crippen LogP contribution in [-0.2, 0) is 0 Å². The Bertz CT molecular complexity index is 1080. The lowest BCUT2D eigenvalue weighted by Crippen LogP contribution is -2.22. The molecule has 102 valence electrons. The number of rotatable bonds is 1. The lowest BCUT2D eigenvalue weighted by atomic mass is 10.1. The molecule has 0 amide bonds. The number of hydrogen-bond acceptors (Lipinski definition) is 3. The molecule has 2 aromatic heterocycles. The van der Waals surface area contributed by atoms with Crippen molar-refractivity contribution in [3.8, 4) is 0 Å². The Labute approximate surface area is 124 Å². The van der Waals surface area contributed by atoms with E-state index in [1.54, 1.807) is 4.40 Å². The molecule has 0 N–H and O–H groups in total. The molecule has 0 unspecified atom stereocenters. The van der Waals surface area contributed by atoms with Crippen molar-refractivity contribution in [1.29, 1.82) is 0 Å². The zero-order valence-corrected chi connectivity index (χ0v) is 12.2. The van der Waals surface area contributed by atoms with Crippen molar-refractivity contribution >= 4 is 33.4 Å². The molecule has 0 saturated carbocycles. The predicted octanol–water partition coefficient (Wildman–Crippen LogP) is 2.77. The van der Waals surface area contributed by atoms with Crippen molar-refractivity contribution in [2.45, 2.75) is 6.92 Å². The summed E-state index contributed by atoms with van der Waals surface area (Å²) in [5.74, 6) is 0. The van der Waals surface area contributed by atoms with E-state index in [9.17, 15) is 4.79 Å². The minimum Gasteiger partial charge on any atom is -0.267 e. The fraction of sp³-hybridized carbons (Fsp3) is 0.0588. The molecule has 4 aromatic rings. The largest absolute Gasteiger partial charge is 0.274 e. The summed E-state index contributed by atoms with van der Waals surface area (Å²) in [6, 6.07) is 15.8. The van der Waals surface area contributed by atoms with Gasteiger partial charge in [0.05, 0.1) is 15.6 Å². The van der Waals surface area contributed by atoms with Gasteiger partial charge in [0.2, 0.25) is 0 Å². The Morgan fingerprint density at radius 3 is 2.86 bits per heavy atom. The van der Waals surface area contributed by atoms with Crippen LogP contribution in [0.5, 0.6) is 0 Å². The van der Waals surface area contributed by atoms with Crippen LogP contribution in [0.25, 0.3) is 22.1 Å². The molecule has 0 spiro atoms. The maximum atomic E-state index is 12.6. The SMILES string of the molecule is Cc1cccc(/C=c2/sc3nc4ccccc4n3c2=O)c1. The van der Waals surface area contributed by atoms with Crippen molar-refractivity contribution < 1.29 is 0 Å². The maximum Gasteiger partial charge on any atom is 0.274 e. The number of aromatic nitrogens is 2. The van der Waals surface area contributed by atoms with Gasteiger partial charge in [0, 0.05) is 0 Å². The number of hydrogen-bond donors (Lipinski definition) is 0. The predicted molar refractivity (Wildman–Crippen MR) is 86.8 cm³/mol. The second kappa shape index (κ2) is 4.53. The highest BCUT2D eigenvalue weighted by Gasteiger charge is 2.10. The number of thiazole rings is 1. The van der Waals surface area contributed by atoms with Gasteiger partial charge < -0.3 is 0 Å². The molecule has 0 radical (unpaired) electrons. The maximum absolute atomic E-state index is 12.6. The van der Waals surface area contributed by atoms with Crippen LogP contribution in [-0.4, -0.2) is 9.38 Å². The van der Waals surface area contributed by atoms with Crippen LogP contribution in [0.3, 0.4) is 0 Å². The highest BCUT2D eigenvalue weighted by Crippen LogP contribution is 2.15. The fourth-order valence-electron chi connectivity index (χ4n) is 2.52. The Morgan fingerprint density at radius 1 is 1.14 bits per heavy atom. The summed E-state index contributed by atoms with van der Waals surface area (Å²) in [5, 5.41) is 0. The third kappa shape index (κ3) is 1.96. The van der Waals surface area contributed by atoms with Gasteiger partial charge in [0.15, 0.2) is 4.96 Å². The first-order chi connectivity index (χ1) is 10.2. The average molecular weight is 292 g/mol. The quantitative estimate of drug-likeness (QED) is 0.540. The summed E-state index contributed by atoms with van der Waals surface area (Å²) in [5.41, 5.74) is 3.97. The number of fused-ring (bicyclic) bond motifs is 3. The lowest BCUT2D eigenvalue weighted by molar-refractivity contribution is 1.19. The first kappa shape index (κ1) is 12.3. The molecule has 21 heavy (non-hydrogen) atoms. The zero-order valence-electron chi connectivity index (χ0n) is 11.4. The van der Waals surface area contributed by atoms with Crippen LogP contribution in [0, 0.1) is 6.92 Å². The van der Waals surface area contributed by atoms with Crippen molar-refractivity contribution in [2.24, 2.45) is 0 Å². The van der Waals surface area contributed by atoms with Crippen molar-refractivity contribution in [3.05, 3.63) is 74.5 Å². The summed E-state index contributed by atoms with van der Waals surface area (Å²) >= 11 is 1.43. The molecule has 2 heterocycles. The number of nitrogens with zero attached hydrogens (tertiary/aromatic N) is 2. The van der Waals surface area contributed by atoms with E-state index < -0.39 is 0 Å². The molecule has 3 nitrogen and oxygen atoms in total. The van der Waals surface area contributed by atoms with E-state index in [0.717, 1.165) is 21.6 Å². The van der Waals surface area contributed by atoms with Gasteiger partial charge in [-0.3, -0.25) is 4.79 Å². The van der Waals surface area contributed by atoms with Gasteiger partial charge in [0.1, 0.15) is 0 Å². The van der Waals surface area contributed by atoms with Gasteiger partial charge in [-0.2, -0.15) is 0 Å². The van der Waals surface area contributed by atoms with Gasteiger partial charge in [-0.1, -0.05) is 53.3 Å². The Hall–Kier alpha value is -2.46. The van der Waals surface area contributed by atoms with E-state index in [-0.39, 0.29) is 5.56 Å². The molecule has 0 saturated heterocycles. The van der Waals surface area contributed by atoms with E-state index in [0.29, 0.717) is 4.53 Å². The van der Waals surface area contributed by atoms with Crippen LogP contribution in [0.2, 0.25) is 0 Å². The van der Waals surface area contributed by atoms with Gasteiger partial charge in [-0.25, -0.2) is 9.38 Å². The second-order valence-electron chi connectivity index (χ2n) is 5.05. The molecule has 0 fully saturated rings. The number of imidazole rings is 1. The van der Waals surface area contributed by atoms with E-state index >= 15 is 0 Å². The average Bonchev–Trinajstić information content (AvgIpc) is 2.97. The van der Waals surface area contributed by atoms with E-state index in [1.807, 2.05) is 55.5 Å². The van der Waals surface area contributed by atoms with Gasteiger partial charge in [-0.05, 0) is 30.7 Å². The molecule has 0 aliphatic rings. The summed E-state index contributed by atoms with van der Waals surface area (Å²) in [7, 11) is 0. The van der Waals surface area contributed by atoms with Crippen LogP contribution < -0.4 is 10.1 Å². The summed E-state index contributed by atoms with van der Waals surface area (Å²) in [4.78, 5) is 17.9. The summed E-state index contributed by atoms with van der Waals surface area (Å²) < 4.78 is 2.41. The topological polar surface area (TPSA) is 34.4 Å². The monoisotopic (exact) mass is 292 g/mol. The smallest absolute Gasteiger partial charge is 0.267 e. The Kier molecular flexibility index (Phi) is 2.65. The molecule has 0 aliphatic heterocycles. The second-order valence-corrected chi connectivity index (χ2v) is 6.06. The molecule has 4 rings (SSSR count). The number of para-hydroxylation sites is 2. The van der Waals surface area contributed by atoms with Gasteiger partial charge in [-0.15, -0.1) is 0 Å². The van der Waals surface area contributed by atoms with Crippen LogP contribution in [0.1, 0.15) is 11.1 Å². The van der Waals surface area contributed by atoms with E-state index in [2.05, 4.69) is 11.1 Å². The molecule has 2 aromatic carbocycles. The molecule has 0 atom stereocenters. The lowest BCUT2D eigenvalue weighted by Gasteiger charge is -1.93. The standard InChI is InChI=1S/C17H12N2OS/c1-11-5-4-6-12(9-11)10-15-16(20)19-14-8-3-2-7-13(14)18-17(19)21-15/h2-10H,1H3/b15-10+. The van der Waals surface area contributed by atoms with Crippen molar-refractivity contribution in [2.75, 3.05) is 0 Å². The minimum atomic E-state index is 0.00482. The zero-order chi connectivity index (χ0) is 14.4. The summed E-state index contributed by atoms with van der Waals surface area (Å²) in [6.45, 7) is 2.05. The molecular weight excluding hydrogens is 280 g/mol. The minimum absolute atomic E-state index is 0.00482. The van der Waals surface area contributed by atoms with Gasteiger partial charge in [0.25, 0.3) is 5.56 Å². The highest BCUT2D eigenvalue weighted by atomic mass is 32.1. The molecule has 0 bridgehead atoms. The van der Waals surface area contributed by atoms with Crippen molar-refractivity contribution in [3.63, 3.8) is 0 Å². The first-order valence-electron chi connectivity index (χ1n) is 6.71. The molecule has 0 aliphatic carbocycles. The van der Waals surface area contributed by atoms with Crippen molar-refractivity contribution in [1.82, 2.24) is 9.38 Å². The normalized spacial score (nSPS) is 12.5. The Morgan fingerprint density at radius 2 is 2.00 bits per heavy atom. The van der Waals surface area contributed by atoms with E-state index in [4.69, 9.17) is 0 Å². The van der Waals surface area contributed by atoms with Crippen LogP contribution >= 0.6 is 11.3 Å². The number of aryl methyl sites for hydroxylation is 1. The van der Waals surface area contributed by atoms with Crippen LogP contribution in [0.15, 0.2) is 53.3 Å². The highest BCUT2D eigenvalue weighted by molar-refractivity contribution is 7.15. The van der Waals surface area contributed by atoms with E-state index in [1.165, 1.54) is 16.9 Å². The number of benzene rings is 2. The van der Waals surface area contributed by atoms with Crippen LogP contribution in [0.4, 0.5) is 0 Å². The fourth-order valence-corrected chi connectivity index (χ4v) is 3.51. The summed E-state index contributed by atoms with van der Waals surface area (Å²) in [6.07, 6.45) is 1.93. The Balaban J connectivity index is 2.03. The first-order valence-corrected chi connectivity index (χ1v) is 7.52. The molecular formula is C17H12N2OS. The van der Waals surface area contributed by atoms with Gasteiger partial charge >= 0.3 is 0 Å². The third-order valence-corrected chi connectivity index (χ3v) is 4.45. The third-order valence-electron chi connectivity index (χ3n) is 3.49. The molecule has 4 heteroatoms.